The van der Waals surface area contributed by atoms with Gasteiger partial charge in [0.15, 0.2) is 0 Å². The van der Waals surface area contributed by atoms with Crippen molar-refractivity contribution in [2.24, 2.45) is 35.1 Å². The molecule has 1 fully saturated rings. The molecule has 466 valence electrons. The molecule has 0 aliphatic carbocycles. The first-order chi connectivity index (χ1) is 38.5. The average Bonchev–Trinajstić information content (AvgIpc) is 3.49. The Bertz CT molecular complexity index is 2190. The van der Waals surface area contributed by atoms with E-state index in [1.54, 1.807) is 41.5 Å². The van der Waals surface area contributed by atoms with Gasteiger partial charge in [0.25, 0.3) is 0 Å². The van der Waals surface area contributed by atoms with E-state index in [0.717, 1.165) is 34.4 Å². The lowest BCUT2D eigenvalue weighted by molar-refractivity contribution is -0.144. The van der Waals surface area contributed by atoms with E-state index < -0.39 is 192 Å². The number of nitrogens with one attached hydrogen (secondary N) is 11. The van der Waals surface area contributed by atoms with Crippen LogP contribution in [0, 0.1) is 23.7 Å². The normalized spacial score (nSPS) is 22.4. The minimum atomic E-state index is -1.89. The van der Waals surface area contributed by atoms with Crippen LogP contribution in [0.5, 0.6) is 0 Å². The minimum absolute atomic E-state index is 0.0420. The first-order valence-corrected chi connectivity index (χ1v) is 30.1. The molecule has 1 aliphatic heterocycles. The van der Waals surface area contributed by atoms with Crippen LogP contribution in [0.1, 0.15) is 120 Å². The molecule has 0 spiro atoms. The van der Waals surface area contributed by atoms with Gasteiger partial charge < -0.3 is 85.3 Å². The Kier molecular flexibility index (Phi) is 34.6. The summed E-state index contributed by atoms with van der Waals surface area (Å²) in [5.74, 6) is -17.7. The lowest BCUT2D eigenvalue weighted by atomic mass is 9.96. The summed E-state index contributed by atoms with van der Waals surface area (Å²) in [5, 5.41) is 57.5. The van der Waals surface area contributed by atoms with Crippen molar-refractivity contribution in [1.82, 2.24) is 58.5 Å². The van der Waals surface area contributed by atoms with Crippen LogP contribution >= 0.6 is 21.6 Å². The zero-order valence-electron chi connectivity index (χ0n) is 48.3. The fourth-order valence-corrected chi connectivity index (χ4v) is 10.2. The number of amides is 10. The molecule has 1 saturated heterocycles. The van der Waals surface area contributed by atoms with Crippen molar-refractivity contribution in [2.75, 3.05) is 37.7 Å². The van der Waals surface area contributed by atoms with E-state index in [-0.39, 0.29) is 12.8 Å². The molecule has 3 unspecified atom stereocenters. The quantitative estimate of drug-likeness (QED) is 0.0277. The van der Waals surface area contributed by atoms with E-state index in [1.165, 1.54) is 20.8 Å². The number of carboxylic acids is 3. The molecule has 18 N–H and O–H groups in total. The van der Waals surface area contributed by atoms with Crippen LogP contribution < -0.4 is 70.0 Å². The van der Waals surface area contributed by atoms with Gasteiger partial charge in [0.05, 0.1) is 25.4 Å². The lowest BCUT2D eigenvalue weighted by Crippen LogP contribution is -2.61. The molecule has 0 aromatic carbocycles. The number of rotatable bonds is 28. The van der Waals surface area contributed by atoms with Crippen molar-refractivity contribution < 1.29 is 77.6 Å². The Balaban J connectivity index is 4.02. The molecular formula is C51H89N13O16S2. The fraction of sp³-hybridized carbons (Fsp3) is 0.745. The molecule has 0 aromatic heterocycles. The molecule has 29 nitrogen and oxygen atoms in total. The van der Waals surface area contributed by atoms with E-state index in [4.69, 9.17) is 11.5 Å². The predicted molar refractivity (Wildman–Crippen MR) is 305 cm³/mol. The molecule has 1 aliphatic rings. The summed E-state index contributed by atoms with van der Waals surface area (Å²) in [5.41, 5.74) is 11.2. The maximum absolute atomic E-state index is 14.4. The highest BCUT2D eigenvalue weighted by Gasteiger charge is 2.38. The first-order valence-electron chi connectivity index (χ1n) is 27.6. The van der Waals surface area contributed by atoms with Crippen LogP contribution in [-0.4, -0.2) is 190 Å². The van der Waals surface area contributed by atoms with E-state index in [0.29, 0.717) is 38.9 Å². The fourth-order valence-electron chi connectivity index (χ4n) is 7.84. The van der Waals surface area contributed by atoms with E-state index in [2.05, 4.69) is 58.5 Å². The van der Waals surface area contributed by atoms with Crippen molar-refractivity contribution in [3.05, 3.63) is 0 Å². The van der Waals surface area contributed by atoms with Crippen molar-refractivity contribution in [2.45, 2.75) is 181 Å². The molecule has 0 saturated carbocycles. The third kappa shape index (κ3) is 27.2. The second kappa shape index (κ2) is 38.5. The van der Waals surface area contributed by atoms with Crippen LogP contribution in [0.25, 0.3) is 0 Å². The van der Waals surface area contributed by atoms with Gasteiger partial charge in [0, 0.05) is 11.5 Å². The SMILES string of the molecule is CC[C@H](C)[C@H](NC(=O)C1CSSCC(NC(=O)[C@@H](NC(=O)[C@H](CC(=O)O)NC(=O)[C@H](C)N)C(C)C)C(=O)N[C@@H](C(C)C)C(=O)NCC(=O)N[C@@H](CCCCNCCCCN)C(=O)N[C@@H]([C@@H](C)CC)C(=O)NC(CC(=O)O)C(=O)N1)C(=O)O. The van der Waals surface area contributed by atoms with Gasteiger partial charge in [-0.1, -0.05) is 89.8 Å². The smallest absolute Gasteiger partial charge is 0.326 e. The standard InChI is InChI=1S/C51H89N13O16S2/c1-10-27(7)40-50(78)58-31(20-36(66)67)44(72)59-33(47(75)64-41(51(79)80)28(8)11-2)23-81-82-24-34(60-49(77)39(26(5)6)62-45(73)32(21-37(68)69)57-42(70)29(9)53)46(74)61-38(25(3)4)48(76)55-22-35(65)56-30(43(71)63-40)16-12-14-18-54-19-15-13-17-52/h25-34,38-41,54H,10-24,52-53H2,1-9H3,(H,55,76)(H,56,65)(H,57,70)(H,58,78)(H,59,72)(H,60,77)(H,61,74)(H,62,73)(H,63,71)(H,64,75)(H,66,67)(H,68,69)(H,79,80)/t27-,28-,29-,30-,31?,32-,33?,34?,38-,39-,40-,41-/m0/s1. The monoisotopic (exact) mass is 1200 g/mol. The number of carbonyl (C=O) groups is 13. The Morgan fingerprint density at radius 2 is 1.24 bits per heavy atom. The summed E-state index contributed by atoms with van der Waals surface area (Å²) in [4.78, 5) is 175. The predicted octanol–water partition coefficient (Wildman–Crippen LogP) is -2.86. The van der Waals surface area contributed by atoms with E-state index in [1.807, 2.05) is 0 Å². The summed E-state index contributed by atoms with van der Waals surface area (Å²) < 4.78 is 0. The molecule has 31 heteroatoms. The second-order valence-corrected chi connectivity index (χ2v) is 23.5. The van der Waals surface area contributed by atoms with Crippen LogP contribution in [0.15, 0.2) is 0 Å². The summed E-state index contributed by atoms with van der Waals surface area (Å²) in [6.07, 6.45) is 1.28. The molecule has 0 aromatic rings. The summed E-state index contributed by atoms with van der Waals surface area (Å²) in [6, 6.07) is -15.1. The number of hydrogen-bond acceptors (Lipinski definition) is 18. The number of nitrogens with two attached hydrogens (primary N) is 2. The van der Waals surface area contributed by atoms with Crippen LogP contribution in [0.3, 0.4) is 0 Å². The number of aliphatic carboxylic acids is 3. The number of unbranched alkanes of at least 4 members (excludes halogenated alkanes) is 2. The molecule has 10 amide bonds. The number of carbonyl (C=O) groups excluding carboxylic acids is 10. The molecular weight excluding hydrogens is 1110 g/mol. The Labute approximate surface area is 486 Å². The maximum atomic E-state index is 14.4. The van der Waals surface area contributed by atoms with Crippen LogP contribution in [0.4, 0.5) is 0 Å². The maximum Gasteiger partial charge on any atom is 0.326 e. The van der Waals surface area contributed by atoms with Gasteiger partial charge in [-0.2, -0.15) is 0 Å². The second-order valence-electron chi connectivity index (χ2n) is 20.9. The van der Waals surface area contributed by atoms with E-state index in [9.17, 15) is 77.6 Å². The highest BCUT2D eigenvalue weighted by molar-refractivity contribution is 8.76. The minimum Gasteiger partial charge on any atom is -0.481 e. The van der Waals surface area contributed by atoms with Gasteiger partial charge in [-0.15, -0.1) is 0 Å². The van der Waals surface area contributed by atoms with Crippen molar-refractivity contribution >= 4 is 98.6 Å². The Morgan fingerprint density at radius 1 is 0.634 bits per heavy atom. The third-order valence-electron chi connectivity index (χ3n) is 13.3. The van der Waals surface area contributed by atoms with Gasteiger partial charge in [-0.3, -0.25) is 57.5 Å². The summed E-state index contributed by atoms with van der Waals surface area (Å²) in [7, 11) is 1.66. The average molecular weight is 1200 g/mol. The highest BCUT2D eigenvalue weighted by atomic mass is 33.1. The first kappa shape index (κ1) is 73.7. The van der Waals surface area contributed by atoms with Crippen molar-refractivity contribution in [3.63, 3.8) is 0 Å². The van der Waals surface area contributed by atoms with Gasteiger partial charge in [-0.25, -0.2) is 4.79 Å². The van der Waals surface area contributed by atoms with Gasteiger partial charge in [-0.05, 0) is 82.3 Å². The van der Waals surface area contributed by atoms with Crippen molar-refractivity contribution in [1.29, 1.82) is 0 Å². The lowest BCUT2D eigenvalue weighted by Gasteiger charge is -2.29. The summed E-state index contributed by atoms with van der Waals surface area (Å²) in [6.45, 7) is 15.1. The Hall–Kier alpha value is -6.31. The zero-order valence-corrected chi connectivity index (χ0v) is 49.9. The van der Waals surface area contributed by atoms with E-state index >= 15 is 0 Å². The molecule has 1 rings (SSSR count). The van der Waals surface area contributed by atoms with Crippen molar-refractivity contribution in [3.8, 4) is 0 Å². The molecule has 82 heavy (non-hydrogen) atoms. The molecule has 0 radical (unpaired) electrons. The highest BCUT2D eigenvalue weighted by Crippen LogP contribution is 2.24. The van der Waals surface area contributed by atoms with Gasteiger partial charge >= 0.3 is 17.9 Å². The third-order valence-corrected chi connectivity index (χ3v) is 15.7. The largest absolute Gasteiger partial charge is 0.481 e. The number of hydrogen-bond donors (Lipinski definition) is 16. The zero-order chi connectivity index (χ0) is 62.4. The molecule has 1 heterocycles. The molecule has 0 bridgehead atoms. The van der Waals surface area contributed by atoms with Gasteiger partial charge in [0.2, 0.25) is 59.1 Å². The van der Waals surface area contributed by atoms with Gasteiger partial charge in [0.1, 0.15) is 54.4 Å². The van der Waals surface area contributed by atoms with Crippen LogP contribution in [0.2, 0.25) is 0 Å². The Morgan fingerprint density at radius 3 is 1.79 bits per heavy atom. The number of carboxylic acid groups (broad SMARTS) is 3. The van der Waals surface area contributed by atoms with Crippen LogP contribution in [-0.2, 0) is 62.3 Å². The molecule has 12 atom stereocenters. The summed E-state index contributed by atoms with van der Waals surface area (Å²) >= 11 is 0. The topological polar surface area (TPSA) is 467 Å².